The topological polar surface area (TPSA) is 54.3 Å². The zero-order chi connectivity index (χ0) is 13.6. The molecule has 2 saturated heterocycles. The molecule has 1 spiro atoms. The van der Waals surface area contributed by atoms with Gasteiger partial charge >= 0.3 is 6.03 Å². The minimum Gasteiger partial charge on any atom is -0.316 e. The minimum absolute atomic E-state index is 0.0301. The van der Waals surface area contributed by atoms with Crippen LogP contribution in [0.5, 0.6) is 0 Å². The maximum atomic E-state index is 12.4. The van der Waals surface area contributed by atoms with E-state index >= 15 is 0 Å². The molecule has 104 valence electrons. The highest BCUT2D eigenvalue weighted by molar-refractivity contribution is 5.77. The summed E-state index contributed by atoms with van der Waals surface area (Å²) in [6.45, 7) is 9.13. The normalized spacial score (nSPS) is 27.3. The van der Waals surface area contributed by atoms with Crippen molar-refractivity contribution in [3.05, 3.63) is 12.2 Å². The van der Waals surface area contributed by atoms with E-state index in [9.17, 15) is 4.79 Å². The van der Waals surface area contributed by atoms with Crippen LogP contribution in [0.25, 0.3) is 0 Å². The van der Waals surface area contributed by atoms with Crippen LogP contribution in [0, 0.1) is 6.92 Å². The molecule has 0 N–H and O–H groups in total. The van der Waals surface area contributed by atoms with Crippen LogP contribution >= 0.6 is 0 Å². The molecule has 1 amide bonds. The maximum absolute atomic E-state index is 12.4. The highest BCUT2D eigenvalue weighted by Gasteiger charge is 2.52. The molecule has 3 rings (SSSR count). The second kappa shape index (κ2) is 4.30. The monoisotopic (exact) mass is 263 g/mol. The van der Waals surface area contributed by atoms with Crippen LogP contribution < -0.4 is 0 Å². The first-order chi connectivity index (χ1) is 9.02. The molecule has 0 saturated carbocycles. The Kier molecular flexibility index (Phi) is 2.85. The van der Waals surface area contributed by atoms with Gasteiger partial charge in [0.1, 0.15) is 12.2 Å². The number of nitrogens with zero attached hydrogens (tertiary/aromatic N) is 5. The van der Waals surface area contributed by atoms with E-state index in [-0.39, 0.29) is 11.6 Å². The second-order valence-electron chi connectivity index (χ2n) is 5.96. The second-order valence-corrected chi connectivity index (χ2v) is 5.96. The third kappa shape index (κ3) is 1.94. The number of aryl methyl sites for hydroxylation is 1. The molecule has 1 aromatic heterocycles. The molecule has 1 atom stereocenters. The average molecular weight is 263 g/mol. The lowest BCUT2D eigenvalue weighted by atomic mass is 9.84. The van der Waals surface area contributed by atoms with Crippen molar-refractivity contribution in [1.29, 1.82) is 0 Å². The summed E-state index contributed by atoms with van der Waals surface area (Å²) in [5.41, 5.74) is 0.0429. The molecular formula is C13H21N5O. The number of aromatic nitrogens is 3. The Labute approximate surface area is 113 Å². The van der Waals surface area contributed by atoms with Crippen LogP contribution in [0.4, 0.5) is 4.79 Å². The predicted octanol–water partition coefficient (Wildman–Crippen LogP) is 1.11. The lowest BCUT2D eigenvalue weighted by molar-refractivity contribution is 0.0275. The molecule has 1 unspecified atom stereocenters. The van der Waals surface area contributed by atoms with E-state index in [1.807, 2.05) is 4.90 Å². The summed E-state index contributed by atoms with van der Waals surface area (Å²) in [5.74, 6) is 0.637. The van der Waals surface area contributed by atoms with Gasteiger partial charge < -0.3 is 4.90 Å². The van der Waals surface area contributed by atoms with Crippen LogP contribution in [0.15, 0.2) is 6.33 Å². The number of amides is 1. The summed E-state index contributed by atoms with van der Waals surface area (Å²) < 4.78 is 1.37. The van der Waals surface area contributed by atoms with Crippen LogP contribution in [-0.2, 0) is 0 Å². The summed E-state index contributed by atoms with van der Waals surface area (Å²) in [6, 6.07) is 0.517. The van der Waals surface area contributed by atoms with Crippen molar-refractivity contribution in [2.75, 3.05) is 19.6 Å². The fraction of sp³-hybridized carbons (Fsp3) is 0.769. The molecule has 2 fully saturated rings. The van der Waals surface area contributed by atoms with Crippen LogP contribution in [-0.4, -0.2) is 61.8 Å². The molecule has 0 radical (unpaired) electrons. The van der Waals surface area contributed by atoms with Gasteiger partial charge in [0.2, 0.25) is 0 Å². The molecule has 2 aliphatic heterocycles. The third-order valence-corrected chi connectivity index (χ3v) is 4.50. The molecule has 0 bridgehead atoms. The standard InChI is InChI=1S/C13H21N5O/c1-10(2)16-6-4-13(8-16)5-7-17(13)12(19)18-9-14-11(3)15-18/h9-10H,4-8H2,1-3H3. The first kappa shape index (κ1) is 12.6. The van der Waals surface area contributed by atoms with Gasteiger partial charge in [0.15, 0.2) is 0 Å². The Morgan fingerprint density at radius 2 is 2.11 bits per heavy atom. The van der Waals surface area contributed by atoms with Gasteiger partial charge in [-0.05, 0) is 33.6 Å². The summed E-state index contributed by atoms with van der Waals surface area (Å²) in [5, 5.41) is 4.12. The summed E-state index contributed by atoms with van der Waals surface area (Å²) >= 11 is 0. The summed E-state index contributed by atoms with van der Waals surface area (Å²) in [6.07, 6.45) is 3.69. The Morgan fingerprint density at radius 1 is 1.37 bits per heavy atom. The van der Waals surface area contributed by atoms with E-state index in [2.05, 4.69) is 28.8 Å². The van der Waals surface area contributed by atoms with Gasteiger partial charge in [-0.3, -0.25) is 4.90 Å². The third-order valence-electron chi connectivity index (χ3n) is 4.50. The van der Waals surface area contributed by atoms with Gasteiger partial charge in [-0.15, -0.1) is 5.10 Å². The summed E-state index contributed by atoms with van der Waals surface area (Å²) in [4.78, 5) is 20.9. The Hall–Kier alpha value is -1.43. The fourth-order valence-electron chi connectivity index (χ4n) is 3.15. The number of carbonyl (C=O) groups is 1. The van der Waals surface area contributed by atoms with Gasteiger partial charge in [0.05, 0.1) is 5.54 Å². The van der Waals surface area contributed by atoms with Crippen molar-refractivity contribution in [2.45, 2.75) is 45.2 Å². The lowest BCUT2D eigenvalue weighted by Gasteiger charge is -2.50. The molecule has 19 heavy (non-hydrogen) atoms. The number of hydrogen-bond donors (Lipinski definition) is 0. The molecule has 6 heteroatoms. The number of carbonyl (C=O) groups excluding carboxylic acids is 1. The number of likely N-dealkylation sites (tertiary alicyclic amines) is 2. The van der Waals surface area contributed by atoms with E-state index in [0.29, 0.717) is 11.9 Å². The molecule has 1 aromatic rings. The Bertz CT molecular complexity index is 497. The van der Waals surface area contributed by atoms with E-state index in [1.54, 1.807) is 6.92 Å². The zero-order valence-corrected chi connectivity index (χ0v) is 11.8. The first-order valence-electron chi connectivity index (χ1n) is 6.96. The van der Waals surface area contributed by atoms with E-state index in [1.165, 1.54) is 11.0 Å². The van der Waals surface area contributed by atoms with Gasteiger partial charge in [0.25, 0.3) is 0 Å². The molecule has 6 nitrogen and oxygen atoms in total. The van der Waals surface area contributed by atoms with Crippen molar-refractivity contribution in [1.82, 2.24) is 24.6 Å². The SMILES string of the molecule is Cc1ncn(C(=O)N2CCC23CCN(C(C)C)C3)n1. The zero-order valence-electron chi connectivity index (χ0n) is 11.8. The Morgan fingerprint density at radius 3 is 2.58 bits per heavy atom. The van der Waals surface area contributed by atoms with Gasteiger partial charge in [-0.1, -0.05) is 0 Å². The van der Waals surface area contributed by atoms with E-state index in [4.69, 9.17) is 0 Å². The molecule has 0 aromatic carbocycles. The van der Waals surface area contributed by atoms with E-state index < -0.39 is 0 Å². The first-order valence-corrected chi connectivity index (χ1v) is 6.96. The molecular weight excluding hydrogens is 242 g/mol. The van der Waals surface area contributed by atoms with Crippen LogP contribution in [0.1, 0.15) is 32.5 Å². The predicted molar refractivity (Wildman–Crippen MR) is 70.9 cm³/mol. The fourth-order valence-corrected chi connectivity index (χ4v) is 3.15. The largest absolute Gasteiger partial charge is 0.346 e. The van der Waals surface area contributed by atoms with Crippen molar-refractivity contribution >= 4 is 6.03 Å². The van der Waals surface area contributed by atoms with E-state index in [0.717, 1.165) is 32.5 Å². The molecule has 0 aliphatic carbocycles. The molecule has 3 heterocycles. The average Bonchev–Trinajstić information content (AvgIpc) is 2.94. The lowest BCUT2D eigenvalue weighted by Crippen LogP contribution is -2.64. The van der Waals surface area contributed by atoms with Crippen molar-refractivity contribution in [2.24, 2.45) is 0 Å². The molecule has 2 aliphatic rings. The number of rotatable bonds is 1. The van der Waals surface area contributed by atoms with Gasteiger partial charge in [0, 0.05) is 25.7 Å². The summed E-state index contributed by atoms with van der Waals surface area (Å²) in [7, 11) is 0. The smallest absolute Gasteiger partial charge is 0.316 e. The van der Waals surface area contributed by atoms with Crippen molar-refractivity contribution in [3.8, 4) is 0 Å². The quantitative estimate of drug-likeness (QED) is 0.761. The number of hydrogen-bond acceptors (Lipinski definition) is 4. The maximum Gasteiger partial charge on any atom is 0.346 e. The highest BCUT2D eigenvalue weighted by Crippen LogP contribution is 2.39. The van der Waals surface area contributed by atoms with Gasteiger partial charge in [-0.2, -0.15) is 4.68 Å². The van der Waals surface area contributed by atoms with Crippen molar-refractivity contribution in [3.63, 3.8) is 0 Å². The van der Waals surface area contributed by atoms with Crippen molar-refractivity contribution < 1.29 is 4.79 Å². The van der Waals surface area contributed by atoms with Crippen LogP contribution in [0.2, 0.25) is 0 Å². The van der Waals surface area contributed by atoms with Crippen LogP contribution in [0.3, 0.4) is 0 Å². The highest BCUT2D eigenvalue weighted by atomic mass is 16.2. The minimum atomic E-state index is -0.0301. The Balaban J connectivity index is 1.75. The van der Waals surface area contributed by atoms with Gasteiger partial charge in [-0.25, -0.2) is 9.78 Å².